The van der Waals surface area contributed by atoms with Crippen LogP contribution in [0.1, 0.15) is 28.3 Å². The van der Waals surface area contributed by atoms with Gasteiger partial charge in [0, 0.05) is 18.4 Å². The van der Waals surface area contributed by atoms with Gasteiger partial charge in [0.15, 0.2) is 0 Å². The molecular formula is C29H29NO5S. The van der Waals surface area contributed by atoms with E-state index in [1.165, 1.54) is 11.1 Å². The average molecular weight is 504 g/mol. The van der Waals surface area contributed by atoms with E-state index < -0.39 is 28.1 Å². The highest BCUT2D eigenvalue weighted by atomic mass is 32.2. The standard InChI is InChI=1S/C29H29NO5S/c1-20-12-15-22(16-13-20)36(32,33)30-25-11-7-6-10-23(25)28-24(17-14-21-8-4-3-5-9-21)29(27(31)19-34-2)35-18-26(28)30/h3-17,24,27,29,31H,18-19H2,1-2H3/b17-14+/t24-,27+,29-/m0/s1. The van der Waals surface area contributed by atoms with Crippen LogP contribution in [0.3, 0.4) is 0 Å². The number of aliphatic hydroxyl groups is 1. The van der Waals surface area contributed by atoms with Crippen molar-refractivity contribution in [1.29, 1.82) is 0 Å². The molecule has 186 valence electrons. The number of para-hydroxylation sites is 1. The highest BCUT2D eigenvalue weighted by molar-refractivity contribution is 7.90. The molecule has 4 aromatic rings. The van der Waals surface area contributed by atoms with E-state index in [9.17, 15) is 13.5 Å². The summed E-state index contributed by atoms with van der Waals surface area (Å²) in [6.07, 6.45) is 2.49. The molecule has 0 amide bonds. The fourth-order valence-corrected chi connectivity index (χ4v) is 6.48. The van der Waals surface area contributed by atoms with Crippen molar-refractivity contribution in [3.8, 4) is 0 Å². The number of benzene rings is 3. The van der Waals surface area contributed by atoms with Crippen molar-refractivity contribution in [2.45, 2.75) is 36.6 Å². The van der Waals surface area contributed by atoms with Crippen LogP contribution >= 0.6 is 0 Å². The summed E-state index contributed by atoms with van der Waals surface area (Å²) in [5.41, 5.74) is 3.99. The van der Waals surface area contributed by atoms with E-state index in [2.05, 4.69) is 0 Å². The molecule has 0 fully saturated rings. The van der Waals surface area contributed by atoms with Gasteiger partial charge in [-0.1, -0.05) is 78.4 Å². The van der Waals surface area contributed by atoms with Crippen LogP contribution in [0, 0.1) is 6.92 Å². The molecule has 0 saturated heterocycles. The third-order valence-corrected chi connectivity index (χ3v) is 8.41. The fourth-order valence-electron chi connectivity index (χ4n) is 4.93. The summed E-state index contributed by atoms with van der Waals surface area (Å²) in [6, 6.07) is 24.2. The predicted molar refractivity (Wildman–Crippen MR) is 140 cm³/mol. The van der Waals surface area contributed by atoms with Gasteiger partial charge in [-0.2, -0.15) is 0 Å². The Balaban J connectivity index is 1.72. The molecule has 1 aromatic heterocycles. The zero-order valence-electron chi connectivity index (χ0n) is 20.2. The molecule has 1 N–H and O–H groups in total. The second-order valence-electron chi connectivity index (χ2n) is 9.05. The highest BCUT2D eigenvalue weighted by Crippen LogP contribution is 2.42. The van der Waals surface area contributed by atoms with Crippen LogP contribution in [0.2, 0.25) is 0 Å². The topological polar surface area (TPSA) is 77.8 Å². The SMILES string of the molecule is COC[C@@H](O)[C@H]1OCc2c(c3ccccc3n2S(=O)(=O)c2ccc(C)cc2)[C@@H]1/C=C/c1ccccc1. The molecule has 6 nitrogen and oxygen atoms in total. The van der Waals surface area contributed by atoms with E-state index >= 15 is 0 Å². The Labute approximate surface area is 211 Å². The Hall–Kier alpha value is -3.23. The molecular weight excluding hydrogens is 474 g/mol. The summed E-state index contributed by atoms with van der Waals surface area (Å²) in [5.74, 6) is -0.390. The molecule has 3 atom stereocenters. The second-order valence-corrected chi connectivity index (χ2v) is 10.8. The molecule has 0 bridgehead atoms. The van der Waals surface area contributed by atoms with Crippen molar-refractivity contribution in [1.82, 2.24) is 3.97 Å². The lowest BCUT2D eigenvalue weighted by Gasteiger charge is -2.34. The molecule has 0 saturated carbocycles. The van der Waals surface area contributed by atoms with Crippen molar-refractivity contribution in [3.63, 3.8) is 0 Å². The molecule has 7 heteroatoms. The van der Waals surface area contributed by atoms with E-state index in [4.69, 9.17) is 9.47 Å². The number of hydrogen-bond donors (Lipinski definition) is 1. The first-order chi connectivity index (χ1) is 17.4. The van der Waals surface area contributed by atoms with Crippen LogP contribution in [0.4, 0.5) is 0 Å². The van der Waals surface area contributed by atoms with Crippen LogP contribution in [0.5, 0.6) is 0 Å². The Morgan fingerprint density at radius 3 is 2.47 bits per heavy atom. The highest BCUT2D eigenvalue weighted by Gasteiger charge is 2.39. The normalized spacial score (nSPS) is 19.0. The Kier molecular flexibility index (Phi) is 6.81. The molecule has 0 radical (unpaired) electrons. The molecule has 0 unspecified atom stereocenters. The summed E-state index contributed by atoms with van der Waals surface area (Å²) < 4.78 is 40.6. The minimum absolute atomic E-state index is 0.0518. The summed E-state index contributed by atoms with van der Waals surface area (Å²) in [7, 11) is -2.36. The molecule has 5 rings (SSSR count). The molecule has 1 aliphatic heterocycles. The van der Waals surface area contributed by atoms with Gasteiger partial charge in [-0.15, -0.1) is 0 Å². The third-order valence-electron chi connectivity index (χ3n) is 6.64. The lowest BCUT2D eigenvalue weighted by atomic mass is 9.85. The predicted octanol–water partition coefficient (Wildman–Crippen LogP) is 4.89. The maximum Gasteiger partial charge on any atom is 0.268 e. The first kappa shape index (κ1) is 24.5. The Morgan fingerprint density at radius 2 is 1.75 bits per heavy atom. The van der Waals surface area contributed by atoms with Crippen molar-refractivity contribution in [2.75, 3.05) is 13.7 Å². The first-order valence-electron chi connectivity index (χ1n) is 11.9. The Bertz CT molecular complexity index is 1490. The third kappa shape index (κ3) is 4.40. The van der Waals surface area contributed by atoms with Crippen LogP contribution in [-0.4, -0.2) is 43.4 Å². The van der Waals surface area contributed by atoms with Gasteiger partial charge in [-0.25, -0.2) is 12.4 Å². The quantitative estimate of drug-likeness (QED) is 0.389. The van der Waals surface area contributed by atoms with Gasteiger partial charge in [0.1, 0.15) is 6.10 Å². The second kappa shape index (κ2) is 10.0. The largest absolute Gasteiger partial charge is 0.388 e. The van der Waals surface area contributed by atoms with Crippen LogP contribution < -0.4 is 0 Å². The molecule has 3 aromatic carbocycles. The van der Waals surface area contributed by atoms with Gasteiger partial charge in [0.2, 0.25) is 0 Å². The minimum atomic E-state index is -3.89. The van der Waals surface area contributed by atoms with Crippen LogP contribution in [0.25, 0.3) is 17.0 Å². The summed E-state index contributed by atoms with van der Waals surface area (Å²) >= 11 is 0. The zero-order chi connectivity index (χ0) is 25.3. The number of aliphatic hydroxyl groups excluding tert-OH is 1. The Morgan fingerprint density at radius 1 is 1.06 bits per heavy atom. The summed E-state index contributed by atoms with van der Waals surface area (Å²) in [5, 5.41) is 11.7. The molecule has 0 aliphatic carbocycles. The van der Waals surface area contributed by atoms with Crippen LogP contribution in [0.15, 0.2) is 89.8 Å². The minimum Gasteiger partial charge on any atom is -0.388 e. The number of ether oxygens (including phenoxy) is 2. The summed E-state index contributed by atoms with van der Waals surface area (Å²) in [6.45, 7) is 2.08. The van der Waals surface area contributed by atoms with Crippen molar-refractivity contribution < 1.29 is 23.0 Å². The number of fused-ring (bicyclic) bond motifs is 3. The van der Waals surface area contributed by atoms with Gasteiger partial charge < -0.3 is 14.6 Å². The molecule has 36 heavy (non-hydrogen) atoms. The number of rotatable bonds is 7. The smallest absolute Gasteiger partial charge is 0.268 e. The maximum atomic E-state index is 13.9. The monoisotopic (exact) mass is 503 g/mol. The lowest BCUT2D eigenvalue weighted by molar-refractivity contribution is -0.0851. The number of aryl methyl sites for hydroxylation is 1. The van der Waals surface area contributed by atoms with E-state index in [-0.39, 0.29) is 18.1 Å². The number of methoxy groups -OCH3 is 1. The average Bonchev–Trinajstić information content (AvgIpc) is 3.23. The van der Waals surface area contributed by atoms with Gasteiger partial charge in [0.25, 0.3) is 10.0 Å². The molecule has 1 aliphatic rings. The van der Waals surface area contributed by atoms with E-state index in [1.807, 2.05) is 73.7 Å². The van der Waals surface area contributed by atoms with Crippen molar-refractivity contribution in [2.24, 2.45) is 0 Å². The van der Waals surface area contributed by atoms with Crippen molar-refractivity contribution in [3.05, 3.63) is 107 Å². The number of aromatic nitrogens is 1. The van der Waals surface area contributed by atoms with Gasteiger partial charge in [0.05, 0.1) is 35.4 Å². The van der Waals surface area contributed by atoms with Gasteiger partial charge in [-0.3, -0.25) is 0 Å². The van der Waals surface area contributed by atoms with Crippen molar-refractivity contribution >= 4 is 27.0 Å². The molecule has 2 heterocycles. The van der Waals surface area contributed by atoms with E-state index in [0.29, 0.717) is 11.2 Å². The maximum absolute atomic E-state index is 13.9. The lowest BCUT2D eigenvalue weighted by Crippen LogP contribution is -2.40. The van der Waals surface area contributed by atoms with E-state index in [0.717, 1.165) is 22.1 Å². The van der Waals surface area contributed by atoms with Crippen LogP contribution in [-0.2, 0) is 26.1 Å². The first-order valence-corrected chi connectivity index (χ1v) is 13.3. The number of nitrogens with zero attached hydrogens (tertiary/aromatic N) is 1. The fraction of sp³-hybridized carbons (Fsp3) is 0.241. The summed E-state index contributed by atoms with van der Waals surface area (Å²) in [4.78, 5) is 0.217. The zero-order valence-corrected chi connectivity index (χ0v) is 21.1. The van der Waals surface area contributed by atoms with Gasteiger partial charge >= 0.3 is 0 Å². The van der Waals surface area contributed by atoms with Gasteiger partial charge in [-0.05, 0) is 36.2 Å². The molecule has 0 spiro atoms. The van der Waals surface area contributed by atoms with E-state index in [1.54, 1.807) is 24.3 Å². The number of hydrogen-bond acceptors (Lipinski definition) is 5.